The highest BCUT2D eigenvalue weighted by Crippen LogP contribution is 2.43. The molecule has 1 fully saturated rings. The summed E-state index contributed by atoms with van der Waals surface area (Å²) in [6.07, 6.45) is 0.655. The van der Waals surface area contributed by atoms with Gasteiger partial charge in [-0.1, -0.05) is 23.2 Å². The summed E-state index contributed by atoms with van der Waals surface area (Å²) in [6, 6.07) is 3.52. The quantitative estimate of drug-likeness (QED) is 0.898. The van der Waals surface area contributed by atoms with Crippen LogP contribution in [0, 0.1) is 0 Å². The molecule has 0 amide bonds. The van der Waals surface area contributed by atoms with Crippen LogP contribution in [0.5, 0.6) is 0 Å². The van der Waals surface area contributed by atoms with Gasteiger partial charge in [0.25, 0.3) is 0 Å². The van der Waals surface area contributed by atoms with E-state index in [0.29, 0.717) is 29.6 Å². The molecule has 0 saturated carbocycles. The number of nitrogens with two attached hydrogens (primary N) is 1. The molecule has 0 radical (unpaired) electrons. The van der Waals surface area contributed by atoms with Crippen molar-refractivity contribution >= 4 is 33.0 Å². The summed E-state index contributed by atoms with van der Waals surface area (Å²) in [5.74, 6) is 0.454. The van der Waals surface area contributed by atoms with Crippen molar-refractivity contribution in [3.05, 3.63) is 33.3 Å². The fourth-order valence-corrected chi connectivity index (χ4v) is 5.53. The minimum atomic E-state index is -2.92. The highest BCUT2D eigenvalue weighted by atomic mass is 35.5. The number of hydrogen-bond donors (Lipinski definition) is 1. The van der Waals surface area contributed by atoms with Crippen LogP contribution >= 0.6 is 23.2 Å². The van der Waals surface area contributed by atoms with Crippen molar-refractivity contribution in [2.24, 2.45) is 5.73 Å². The third-order valence-corrected chi connectivity index (χ3v) is 6.66. The Morgan fingerprint density at radius 1 is 1.30 bits per heavy atom. The number of fused-ring (bicyclic) bond motifs is 1. The summed E-state index contributed by atoms with van der Waals surface area (Å²) in [7, 11) is -2.92. The Labute approximate surface area is 128 Å². The zero-order chi connectivity index (χ0) is 14.5. The second-order valence-electron chi connectivity index (χ2n) is 5.40. The molecule has 1 aromatic rings. The van der Waals surface area contributed by atoms with E-state index in [9.17, 15) is 8.42 Å². The number of sulfone groups is 1. The van der Waals surface area contributed by atoms with E-state index in [0.717, 1.165) is 11.1 Å². The molecular weight excluding hydrogens is 319 g/mol. The van der Waals surface area contributed by atoms with E-state index in [-0.39, 0.29) is 23.6 Å². The summed E-state index contributed by atoms with van der Waals surface area (Å²) in [5.41, 5.74) is 7.85. The number of halogens is 2. The molecule has 7 heteroatoms. The standard InChI is InChI=1S/C13H16Cl2N2O2S/c14-10-1-2-11(15)13-9(10)6-17(12(13)5-16)8-3-4-20(18,19)7-8/h1-2,8,12H,3-7,16H2. The van der Waals surface area contributed by atoms with Gasteiger partial charge >= 0.3 is 0 Å². The van der Waals surface area contributed by atoms with E-state index in [1.165, 1.54) is 0 Å². The molecule has 2 heterocycles. The van der Waals surface area contributed by atoms with Gasteiger partial charge in [0.1, 0.15) is 0 Å². The summed E-state index contributed by atoms with van der Waals surface area (Å²) >= 11 is 12.5. The number of hydrogen-bond acceptors (Lipinski definition) is 4. The molecule has 3 rings (SSSR count). The Kier molecular flexibility index (Phi) is 3.75. The van der Waals surface area contributed by atoms with E-state index in [4.69, 9.17) is 28.9 Å². The molecule has 20 heavy (non-hydrogen) atoms. The van der Waals surface area contributed by atoms with Crippen LogP contribution in [0.3, 0.4) is 0 Å². The average Bonchev–Trinajstić information content (AvgIpc) is 2.94. The van der Waals surface area contributed by atoms with Crippen LogP contribution in [0.15, 0.2) is 12.1 Å². The number of rotatable bonds is 2. The molecular formula is C13H16Cl2N2O2S. The Morgan fingerprint density at radius 2 is 2.00 bits per heavy atom. The monoisotopic (exact) mass is 334 g/mol. The minimum Gasteiger partial charge on any atom is -0.329 e. The lowest BCUT2D eigenvalue weighted by Gasteiger charge is -2.29. The number of benzene rings is 1. The van der Waals surface area contributed by atoms with E-state index in [1.807, 2.05) is 0 Å². The largest absolute Gasteiger partial charge is 0.329 e. The maximum atomic E-state index is 11.7. The average molecular weight is 335 g/mol. The molecule has 1 aromatic carbocycles. The first-order valence-electron chi connectivity index (χ1n) is 6.56. The van der Waals surface area contributed by atoms with Crippen LogP contribution < -0.4 is 5.73 Å². The third kappa shape index (κ3) is 2.35. The molecule has 110 valence electrons. The summed E-state index contributed by atoms with van der Waals surface area (Å²) < 4.78 is 23.4. The van der Waals surface area contributed by atoms with Gasteiger partial charge in [-0.15, -0.1) is 0 Å². The molecule has 2 unspecified atom stereocenters. The van der Waals surface area contributed by atoms with Crippen LogP contribution in [0.4, 0.5) is 0 Å². The van der Waals surface area contributed by atoms with Gasteiger partial charge in [0.05, 0.1) is 11.5 Å². The highest BCUT2D eigenvalue weighted by molar-refractivity contribution is 7.91. The molecule has 0 aliphatic carbocycles. The predicted molar refractivity (Wildman–Crippen MR) is 80.9 cm³/mol. The molecule has 0 bridgehead atoms. The Morgan fingerprint density at radius 3 is 2.60 bits per heavy atom. The van der Waals surface area contributed by atoms with Crippen molar-refractivity contribution in [2.45, 2.75) is 25.0 Å². The fourth-order valence-electron chi connectivity index (χ4n) is 3.26. The lowest BCUT2D eigenvalue weighted by molar-refractivity contribution is 0.164. The maximum Gasteiger partial charge on any atom is 0.151 e. The Hall–Kier alpha value is -0.330. The summed E-state index contributed by atoms with van der Waals surface area (Å²) in [6.45, 7) is 1.03. The molecule has 4 nitrogen and oxygen atoms in total. The van der Waals surface area contributed by atoms with Crippen LogP contribution in [0.25, 0.3) is 0 Å². The zero-order valence-corrected chi connectivity index (χ0v) is 13.2. The smallest absolute Gasteiger partial charge is 0.151 e. The Balaban J connectivity index is 1.97. The van der Waals surface area contributed by atoms with Gasteiger partial charge in [0.2, 0.25) is 0 Å². The van der Waals surface area contributed by atoms with Gasteiger partial charge in [-0.25, -0.2) is 8.42 Å². The third-order valence-electron chi connectivity index (χ3n) is 4.22. The second kappa shape index (κ2) is 5.14. The lowest BCUT2D eigenvalue weighted by Crippen LogP contribution is -2.37. The SMILES string of the molecule is NCC1c2c(Cl)ccc(Cl)c2CN1C1CCS(=O)(=O)C1. The van der Waals surface area contributed by atoms with E-state index < -0.39 is 9.84 Å². The summed E-state index contributed by atoms with van der Waals surface area (Å²) in [5, 5.41) is 1.33. The normalized spacial score (nSPS) is 28.8. The van der Waals surface area contributed by atoms with Gasteiger partial charge in [-0.05, 0) is 29.7 Å². The van der Waals surface area contributed by atoms with Crippen molar-refractivity contribution in [1.29, 1.82) is 0 Å². The first-order chi connectivity index (χ1) is 9.43. The highest BCUT2D eigenvalue weighted by Gasteiger charge is 2.41. The first kappa shape index (κ1) is 14.6. The van der Waals surface area contributed by atoms with Crippen molar-refractivity contribution in [1.82, 2.24) is 4.90 Å². The molecule has 0 aromatic heterocycles. The minimum absolute atomic E-state index is 0.00748. The summed E-state index contributed by atoms with van der Waals surface area (Å²) in [4.78, 5) is 2.15. The van der Waals surface area contributed by atoms with Crippen LogP contribution in [-0.4, -0.2) is 37.4 Å². The first-order valence-corrected chi connectivity index (χ1v) is 9.13. The molecule has 0 spiro atoms. The van der Waals surface area contributed by atoms with E-state index in [1.54, 1.807) is 12.1 Å². The second-order valence-corrected chi connectivity index (χ2v) is 8.45. The van der Waals surface area contributed by atoms with Crippen LogP contribution in [0.2, 0.25) is 10.0 Å². The zero-order valence-electron chi connectivity index (χ0n) is 10.9. The lowest BCUT2D eigenvalue weighted by atomic mass is 10.0. The topological polar surface area (TPSA) is 63.4 Å². The molecule has 2 aliphatic rings. The van der Waals surface area contributed by atoms with Gasteiger partial charge < -0.3 is 5.73 Å². The molecule has 2 aliphatic heterocycles. The van der Waals surface area contributed by atoms with Crippen molar-refractivity contribution in [3.8, 4) is 0 Å². The van der Waals surface area contributed by atoms with Crippen LogP contribution in [-0.2, 0) is 16.4 Å². The van der Waals surface area contributed by atoms with Crippen molar-refractivity contribution in [2.75, 3.05) is 18.1 Å². The van der Waals surface area contributed by atoms with Gasteiger partial charge in [-0.2, -0.15) is 0 Å². The van der Waals surface area contributed by atoms with Crippen molar-refractivity contribution in [3.63, 3.8) is 0 Å². The van der Waals surface area contributed by atoms with Crippen molar-refractivity contribution < 1.29 is 8.42 Å². The number of nitrogens with zero attached hydrogens (tertiary/aromatic N) is 1. The molecule has 2 atom stereocenters. The van der Waals surface area contributed by atoms with Gasteiger partial charge in [-0.3, -0.25) is 4.90 Å². The van der Waals surface area contributed by atoms with E-state index >= 15 is 0 Å². The predicted octanol–water partition coefficient (Wildman–Crippen LogP) is 2.00. The fraction of sp³-hybridized carbons (Fsp3) is 0.538. The van der Waals surface area contributed by atoms with Crippen LogP contribution in [0.1, 0.15) is 23.6 Å². The van der Waals surface area contributed by atoms with Gasteiger partial charge in [0, 0.05) is 35.2 Å². The van der Waals surface area contributed by atoms with E-state index in [2.05, 4.69) is 4.90 Å². The molecule has 1 saturated heterocycles. The maximum absolute atomic E-state index is 11.7. The van der Waals surface area contributed by atoms with Gasteiger partial charge in [0.15, 0.2) is 9.84 Å². The Bertz CT molecular complexity index is 648. The molecule has 2 N–H and O–H groups in total.